The average molecular weight is 512 g/mol. The number of amides is 3. The van der Waals surface area contributed by atoms with Gasteiger partial charge in [0, 0.05) is 18.0 Å². The molecule has 0 aliphatic carbocycles. The van der Waals surface area contributed by atoms with Gasteiger partial charge in [0.1, 0.15) is 11.0 Å². The van der Waals surface area contributed by atoms with Crippen molar-refractivity contribution in [1.82, 2.24) is 10.0 Å². The molecule has 2 saturated heterocycles. The average Bonchev–Trinajstić information content (AvgIpc) is 3.42. The Kier molecular flexibility index (Phi) is 5.61. The molecule has 2 aromatic carbocycles. The number of imide groups is 1. The summed E-state index contributed by atoms with van der Waals surface area (Å²) in [5.74, 6) is -1.71. The maximum absolute atomic E-state index is 14.6. The third-order valence-corrected chi connectivity index (χ3v) is 7.08. The van der Waals surface area contributed by atoms with Gasteiger partial charge in [0.05, 0.1) is 18.8 Å². The molecule has 0 radical (unpaired) electrons. The molecular weight excluding hydrogens is 486 g/mol. The van der Waals surface area contributed by atoms with Crippen molar-refractivity contribution in [3.05, 3.63) is 64.7 Å². The Morgan fingerprint density at radius 3 is 2.36 bits per heavy atom. The van der Waals surface area contributed by atoms with E-state index in [1.807, 2.05) is 0 Å². The first-order valence-corrected chi connectivity index (χ1v) is 12.0. The molecule has 0 saturated carbocycles. The summed E-state index contributed by atoms with van der Waals surface area (Å²) in [5, 5.41) is 3.57. The second-order valence-corrected chi connectivity index (χ2v) is 10.5. The lowest BCUT2D eigenvalue weighted by atomic mass is 9.68. The first kappa shape index (κ1) is 24.3. The molecule has 3 atom stereocenters. The van der Waals surface area contributed by atoms with Gasteiger partial charge in [-0.1, -0.05) is 41.9 Å². The number of methoxy groups -OCH3 is 1. The Bertz CT molecular complexity index is 1270. The molecule has 1 spiro atoms. The number of rotatable bonds is 2. The van der Waals surface area contributed by atoms with Gasteiger partial charge >= 0.3 is 12.1 Å². The number of nitrogens with zero attached hydrogens (tertiary/aromatic N) is 3. The first-order chi connectivity index (χ1) is 17.0. The normalized spacial score (nSPS) is 25.4. The number of benzene rings is 2. The predicted octanol–water partition coefficient (Wildman–Crippen LogP) is 3.61. The maximum Gasteiger partial charge on any atom is 0.421 e. The van der Waals surface area contributed by atoms with Gasteiger partial charge in [0.2, 0.25) is 5.91 Å². The van der Waals surface area contributed by atoms with Crippen LogP contribution in [0.15, 0.2) is 48.5 Å². The highest BCUT2D eigenvalue weighted by Gasteiger charge is 2.74. The van der Waals surface area contributed by atoms with Crippen LogP contribution in [0, 0.1) is 0 Å². The van der Waals surface area contributed by atoms with E-state index in [0.29, 0.717) is 28.4 Å². The van der Waals surface area contributed by atoms with Crippen LogP contribution in [0.1, 0.15) is 44.4 Å². The maximum atomic E-state index is 14.6. The van der Waals surface area contributed by atoms with Crippen LogP contribution in [0.2, 0.25) is 5.02 Å². The molecule has 1 unspecified atom stereocenters. The van der Waals surface area contributed by atoms with Gasteiger partial charge in [-0.05, 0) is 50.1 Å². The zero-order chi connectivity index (χ0) is 26.0. The molecule has 5 rings (SSSR count). The third kappa shape index (κ3) is 3.33. The molecule has 3 amide bonds. The van der Waals surface area contributed by atoms with E-state index in [-0.39, 0.29) is 12.3 Å². The Labute approximate surface area is 213 Å². The van der Waals surface area contributed by atoms with Crippen LogP contribution in [-0.4, -0.2) is 59.2 Å². The molecule has 3 aliphatic rings. The van der Waals surface area contributed by atoms with Crippen molar-refractivity contribution in [3.8, 4) is 0 Å². The third-order valence-electron chi connectivity index (χ3n) is 6.83. The number of fused-ring (bicyclic) bond motifs is 3. The number of anilines is 1. The van der Waals surface area contributed by atoms with Gasteiger partial charge in [-0.15, -0.1) is 0 Å². The molecule has 10 heteroatoms. The number of para-hydroxylation sites is 1. The number of esters is 1. The van der Waals surface area contributed by atoms with Gasteiger partial charge in [-0.2, -0.15) is 0 Å². The fourth-order valence-electron chi connectivity index (χ4n) is 5.62. The van der Waals surface area contributed by atoms with E-state index in [0.717, 1.165) is 4.90 Å². The number of hydrazine groups is 1. The van der Waals surface area contributed by atoms with Crippen LogP contribution in [0.5, 0.6) is 0 Å². The summed E-state index contributed by atoms with van der Waals surface area (Å²) in [7, 11) is 1.22. The molecule has 0 bridgehead atoms. The van der Waals surface area contributed by atoms with Crippen molar-refractivity contribution in [2.45, 2.75) is 50.3 Å². The minimum absolute atomic E-state index is 0.180. The van der Waals surface area contributed by atoms with E-state index >= 15 is 0 Å². The van der Waals surface area contributed by atoms with E-state index in [4.69, 9.17) is 21.1 Å². The van der Waals surface area contributed by atoms with Crippen LogP contribution in [0.4, 0.5) is 10.5 Å². The summed E-state index contributed by atoms with van der Waals surface area (Å²) in [4.78, 5) is 55.4. The highest BCUT2D eigenvalue weighted by molar-refractivity contribution is 6.30. The molecule has 9 nitrogen and oxygen atoms in total. The standard InChI is InChI=1S/C26H26ClN3O6/c1-25(2,3)36-24(34)29-18-8-6-5-7-17(18)26(23(29)33)20(15-9-11-16(27)12-10-15)28-14-13-19(31)30(28)21(26)22(32)35-4/h5-12,20-21H,13-14H2,1-4H3/t20-,21+,26?/m0/s1. The van der Waals surface area contributed by atoms with Crippen LogP contribution < -0.4 is 4.90 Å². The van der Waals surface area contributed by atoms with Crippen LogP contribution in [0.25, 0.3) is 0 Å². The van der Waals surface area contributed by atoms with Gasteiger partial charge in [-0.25, -0.2) is 19.5 Å². The van der Waals surface area contributed by atoms with Gasteiger partial charge < -0.3 is 9.47 Å². The van der Waals surface area contributed by atoms with Crippen molar-refractivity contribution >= 4 is 41.2 Å². The van der Waals surface area contributed by atoms with Crippen molar-refractivity contribution < 1.29 is 28.7 Å². The van der Waals surface area contributed by atoms with Crippen LogP contribution in [-0.2, 0) is 29.3 Å². The lowest BCUT2D eigenvalue weighted by molar-refractivity contribution is -0.158. The van der Waals surface area contributed by atoms with Gasteiger partial charge in [0.15, 0.2) is 6.04 Å². The van der Waals surface area contributed by atoms with E-state index in [1.165, 1.54) is 12.1 Å². The summed E-state index contributed by atoms with van der Waals surface area (Å²) >= 11 is 6.15. The molecule has 0 N–H and O–H groups in total. The monoisotopic (exact) mass is 511 g/mol. The molecular formula is C26H26ClN3O6. The van der Waals surface area contributed by atoms with E-state index in [1.54, 1.807) is 74.3 Å². The summed E-state index contributed by atoms with van der Waals surface area (Å²) in [6, 6.07) is 11.6. The smallest absolute Gasteiger partial charge is 0.421 e. The summed E-state index contributed by atoms with van der Waals surface area (Å²) in [5.41, 5.74) is -1.11. The molecule has 0 aromatic heterocycles. The largest absolute Gasteiger partial charge is 0.467 e. The van der Waals surface area contributed by atoms with E-state index < -0.39 is 41.1 Å². The fourth-order valence-corrected chi connectivity index (χ4v) is 5.75. The highest BCUT2D eigenvalue weighted by Crippen LogP contribution is 2.60. The molecule has 3 aliphatic heterocycles. The lowest BCUT2D eigenvalue weighted by Crippen LogP contribution is -2.57. The van der Waals surface area contributed by atoms with Crippen LogP contribution >= 0.6 is 11.6 Å². The predicted molar refractivity (Wildman–Crippen MR) is 130 cm³/mol. The Morgan fingerprint density at radius 1 is 1.06 bits per heavy atom. The number of carbonyl (C=O) groups excluding carboxylic acids is 4. The first-order valence-electron chi connectivity index (χ1n) is 11.6. The molecule has 2 aromatic rings. The summed E-state index contributed by atoms with van der Waals surface area (Å²) in [6.07, 6.45) is -0.678. The zero-order valence-electron chi connectivity index (χ0n) is 20.4. The second-order valence-electron chi connectivity index (χ2n) is 10.0. The number of hydrogen-bond acceptors (Lipinski definition) is 7. The number of hydrogen-bond donors (Lipinski definition) is 0. The lowest BCUT2D eigenvalue weighted by Gasteiger charge is -2.34. The SMILES string of the molecule is COC(=O)[C@H]1N2C(=O)CCN2[C@@H](c2ccc(Cl)cc2)C12C(=O)N(C(=O)OC(C)(C)C)c1ccccc12. The number of ether oxygens (including phenoxy) is 2. The van der Waals surface area contributed by atoms with Gasteiger partial charge in [0.25, 0.3) is 5.91 Å². The minimum atomic E-state index is -1.66. The Balaban J connectivity index is 1.80. The zero-order valence-corrected chi connectivity index (χ0v) is 21.1. The summed E-state index contributed by atoms with van der Waals surface area (Å²) in [6.45, 7) is 5.41. The Morgan fingerprint density at radius 2 is 1.72 bits per heavy atom. The molecule has 2 fully saturated rings. The van der Waals surface area contributed by atoms with Gasteiger partial charge in [-0.3, -0.25) is 14.6 Å². The van der Waals surface area contributed by atoms with E-state index in [2.05, 4.69) is 0 Å². The summed E-state index contributed by atoms with van der Waals surface area (Å²) < 4.78 is 10.7. The second kappa shape index (κ2) is 8.31. The van der Waals surface area contributed by atoms with Crippen molar-refractivity contribution in [2.75, 3.05) is 18.6 Å². The van der Waals surface area contributed by atoms with Crippen LogP contribution in [0.3, 0.4) is 0 Å². The fraction of sp³-hybridized carbons (Fsp3) is 0.385. The number of halogens is 1. The highest BCUT2D eigenvalue weighted by atomic mass is 35.5. The van der Waals surface area contributed by atoms with Crippen molar-refractivity contribution in [1.29, 1.82) is 0 Å². The topological polar surface area (TPSA) is 96.5 Å². The molecule has 188 valence electrons. The quantitative estimate of drug-likeness (QED) is 0.568. The van der Waals surface area contributed by atoms with Crippen molar-refractivity contribution in [2.24, 2.45) is 0 Å². The molecule has 3 heterocycles. The minimum Gasteiger partial charge on any atom is -0.467 e. The number of carbonyl (C=O) groups is 4. The Hall–Kier alpha value is -3.43. The van der Waals surface area contributed by atoms with Crippen molar-refractivity contribution in [3.63, 3.8) is 0 Å². The van der Waals surface area contributed by atoms with E-state index in [9.17, 15) is 19.2 Å². The molecule has 36 heavy (non-hydrogen) atoms.